The maximum absolute atomic E-state index is 13.4. The van der Waals surface area contributed by atoms with E-state index in [1.807, 2.05) is 44.2 Å². The normalized spacial score (nSPS) is 12.4. The van der Waals surface area contributed by atoms with Crippen molar-refractivity contribution >= 4 is 35.3 Å². The molecule has 40 heavy (non-hydrogen) atoms. The van der Waals surface area contributed by atoms with Gasteiger partial charge in [-0.3, -0.25) is 19.8 Å². The van der Waals surface area contributed by atoms with Crippen molar-refractivity contribution in [1.82, 2.24) is 15.4 Å². The molecule has 3 N–H and O–H groups in total. The highest BCUT2D eigenvalue weighted by molar-refractivity contribution is 7.99. The number of amides is 4. The number of imide groups is 1. The molecule has 0 aliphatic heterocycles. The molecule has 0 aliphatic carbocycles. The number of phenolic OH excluding ortho intramolecular Hbond substituents is 1. The van der Waals surface area contributed by atoms with Crippen LogP contribution in [0.4, 0.5) is 10.5 Å². The fourth-order valence-electron chi connectivity index (χ4n) is 4.00. The van der Waals surface area contributed by atoms with Crippen LogP contribution in [0.15, 0.2) is 84.0 Å². The highest BCUT2D eigenvalue weighted by Crippen LogP contribution is 2.26. The summed E-state index contributed by atoms with van der Waals surface area (Å²) in [5.74, 6) is -1.01. The van der Waals surface area contributed by atoms with E-state index in [0.717, 1.165) is 16.9 Å². The van der Waals surface area contributed by atoms with Gasteiger partial charge >= 0.3 is 6.03 Å². The van der Waals surface area contributed by atoms with Crippen LogP contribution in [-0.4, -0.2) is 57.0 Å². The first kappa shape index (κ1) is 30.6. The maximum Gasteiger partial charge on any atom is 0.349 e. The monoisotopic (exact) mass is 564 g/mol. The van der Waals surface area contributed by atoms with Gasteiger partial charge in [-0.1, -0.05) is 50.6 Å². The number of phenols is 1. The van der Waals surface area contributed by atoms with E-state index in [4.69, 9.17) is 0 Å². The molecule has 0 fully saturated rings. The molecule has 1 aromatic heterocycles. The molecule has 0 unspecified atom stereocenters. The Hall–Kier alpha value is -3.89. The van der Waals surface area contributed by atoms with Crippen molar-refractivity contribution in [2.45, 2.75) is 44.0 Å². The predicted molar refractivity (Wildman–Crippen MR) is 155 cm³/mol. The number of hydroxylamine groups is 2. The molecule has 212 valence electrons. The Kier molecular flexibility index (Phi) is 11.5. The molecule has 3 rings (SSSR count). The number of hydrogen-bond acceptors (Lipinski definition) is 7. The van der Waals surface area contributed by atoms with Crippen LogP contribution in [0.3, 0.4) is 0 Å². The van der Waals surface area contributed by atoms with Gasteiger partial charge in [0.15, 0.2) is 0 Å². The zero-order chi connectivity index (χ0) is 29.1. The summed E-state index contributed by atoms with van der Waals surface area (Å²) in [6.45, 7) is 4.08. The number of carbonyl (C=O) groups is 3. The molecule has 0 saturated heterocycles. The largest absolute Gasteiger partial charge is 0.508 e. The predicted octanol–water partition coefficient (Wildman–Crippen LogP) is 5.13. The quantitative estimate of drug-likeness (QED) is 0.158. The van der Waals surface area contributed by atoms with E-state index in [9.17, 15) is 24.7 Å². The number of nitrogens with one attached hydrogen (secondary N) is 1. The summed E-state index contributed by atoms with van der Waals surface area (Å²) in [5, 5.41) is 22.9. The van der Waals surface area contributed by atoms with Crippen LogP contribution < -0.4 is 10.2 Å². The van der Waals surface area contributed by atoms with Gasteiger partial charge in [0.05, 0.1) is 17.8 Å². The van der Waals surface area contributed by atoms with E-state index in [0.29, 0.717) is 23.8 Å². The lowest BCUT2D eigenvalue weighted by atomic mass is 9.98. The summed E-state index contributed by atoms with van der Waals surface area (Å²) >= 11 is 1.40. The van der Waals surface area contributed by atoms with Gasteiger partial charge in [-0.2, -0.15) is 0 Å². The third-order valence-corrected chi connectivity index (χ3v) is 7.55. The third kappa shape index (κ3) is 9.10. The van der Waals surface area contributed by atoms with Crippen LogP contribution in [0.25, 0.3) is 0 Å². The Labute approximate surface area is 239 Å². The van der Waals surface area contributed by atoms with E-state index in [-0.39, 0.29) is 17.2 Å². The highest BCUT2D eigenvalue weighted by Gasteiger charge is 2.32. The van der Waals surface area contributed by atoms with Gasteiger partial charge in [0.25, 0.3) is 5.91 Å². The minimum Gasteiger partial charge on any atom is -0.508 e. The zero-order valence-corrected chi connectivity index (χ0v) is 23.8. The summed E-state index contributed by atoms with van der Waals surface area (Å²) in [5.41, 5.74) is 1.34. The van der Waals surface area contributed by atoms with Gasteiger partial charge in [-0.15, -0.1) is 16.8 Å². The maximum atomic E-state index is 13.4. The molecule has 9 nitrogen and oxygen atoms in total. The molecular weight excluding hydrogens is 528 g/mol. The van der Waals surface area contributed by atoms with Crippen molar-refractivity contribution in [2.75, 3.05) is 17.7 Å². The number of thioether (sulfide) groups is 1. The molecule has 0 bridgehead atoms. The Morgan fingerprint density at radius 1 is 0.950 bits per heavy atom. The van der Waals surface area contributed by atoms with Crippen molar-refractivity contribution < 1.29 is 24.7 Å². The average molecular weight is 565 g/mol. The smallest absolute Gasteiger partial charge is 0.349 e. The van der Waals surface area contributed by atoms with Gasteiger partial charge in [0, 0.05) is 30.3 Å². The topological polar surface area (TPSA) is 123 Å². The lowest BCUT2D eigenvalue weighted by Crippen LogP contribution is -2.54. The number of benzene rings is 2. The number of carbonyl (C=O) groups excluding carboxylic acids is 3. The number of urea groups is 1. The minimum atomic E-state index is -1.07. The van der Waals surface area contributed by atoms with Crippen molar-refractivity contribution in [3.63, 3.8) is 0 Å². The molecule has 0 saturated carbocycles. The molecule has 4 amide bonds. The van der Waals surface area contributed by atoms with E-state index < -0.39 is 29.8 Å². The molecule has 0 radical (unpaired) electrons. The number of aromatic hydroxyl groups is 1. The first-order valence-corrected chi connectivity index (χ1v) is 14.1. The first-order valence-electron chi connectivity index (χ1n) is 13.1. The van der Waals surface area contributed by atoms with Gasteiger partial charge in [0.1, 0.15) is 11.8 Å². The fourth-order valence-corrected chi connectivity index (χ4v) is 5.03. The second kappa shape index (κ2) is 15.0. The van der Waals surface area contributed by atoms with Crippen LogP contribution >= 0.6 is 11.8 Å². The number of likely N-dealkylation sites (N-methyl/N-ethyl adjacent to an activating group) is 1. The summed E-state index contributed by atoms with van der Waals surface area (Å²) in [6.07, 6.45) is 4.49. The van der Waals surface area contributed by atoms with Crippen molar-refractivity contribution in [3.8, 4) is 5.75 Å². The lowest BCUT2D eigenvalue weighted by Gasteiger charge is -2.27. The lowest BCUT2D eigenvalue weighted by molar-refractivity contribution is -0.157. The van der Waals surface area contributed by atoms with Crippen LogP contribution in [0.5, 0.6) is 5.75 Å². The number of rotatable bonds is 12. The van der Waals surface area contributed by atoms with Crippen LogP contribution in [-0.2, 0) is 16.0 Å². The van der Waals surface area contributed by atoms with Crippen molar-refractivity contribution in [1.29, 1.82) is 0 Å². The zero-order valence-electron chi connectivity index (χ0n) is 22.9. The fraction of sp³-hybridized carbons (Fsp3) is 0.333. The van der Waals surface area contributed by atoms with Crippen molar-refractivity contribution in [2.24, 2.45) is 11.8 Å². The molecular formula is C30H36N4O5S. The van der Waals surface area contributed by atoms with Gasteiger partial charge in [-0.25, -0.2) is 4.79 Å². The molecule has 1 heterocycles. The molecule has 0 spiro atoms. The Morgan fingerprint density at radius 2 is 1.65 bits per heavy atom. The van der Waals surface area contributed by atoms with Crippen molar-refractivity contribution in [3.05, 3.63) is 84.7 Å². The highest BCUT2D eigenvalue weighted by atomic mass is 32.2. The number of hydrogen-bond donors (Lipinski definition) is 3. The summed E-state index contributed by atoms with van der Waals surface area (Å²) < 4.78 is 0. The molecule has 3 aromatic rings. The molecule has 10 heteroatoms. The Balaban J connectivity index is 1.75. The molecule has 2 aromatic carbocycles. The second-order valence-corrected chi connectivity index (χ2v) is 11.0. The number of anilines is 1. The van der Waals surface area contributed by atoms with E-state index in [2.05, 4.69) is 10.3 Å². The molecule has 2 atom stereocenters. The van der Waals surface area contributed by atoms with E-state index >= 15 is 0 Å². The second-order valence-electron chi connectivity index (χ2n) is 9.92. The van der Waals surface area contributed by atoms with E-state index in [1.54, 1.807) is 49.6 Å². The van der Waals surface area contributed by atoms with Crippen LogP contribution in [0.2, 0.25) is 0 Å². The average Bonchev–Trinajstić information content (AvgIpc) is 2.97. The molecule has 0 aliphatic rings. The minimum absolute atomic E-state index is 0.0950. The van der Waals surface area contributed by atoms with E-state index in [1.165, 1.54) is 22.9 Å². The van der Waals surface area contributed by atoms with Crippen LogP contribution in [0, 0.1) is 11.8 Å². The van der Waals surface area contributed by atoms with Gasteiger partial charge < -0.3 is 15.3 Å². The first-order chi connectivity index (χ1) is 19.2. The van der Waals surface area contributed by atoms with Gasteiger partial charge in [-0.05, 0) is 54.3 Å². The number of aromatic nitrogens is 1. The van der Waals surface area contributed by atoms with Crippen LogP contribution in [0.1, 0.15) is 32.3 Å². The summed E-state index contributed by atoms with van der Waals surface area (Å²) in [7, 11) is 1.58. The summed E-state index contributed by atoms with van der Waals surface area (Å²) in [6, 6.07) is 17.1. The van der Waals surface area contributed by atoms with Gasteiger partial charge in [0.2, 0.25) is 5.91 Å². The SMILES string of the molecule is CC(C)CC[C@H](CSc1ccc(O)cc1)C(=O)N(O)C(=O)N[C@@H](Cc1ccccc1)C(=O)N(C)c1cccnc1. The summed E-state index contributed by atoms with van der Waals surface area (Å²) in [4.78, 5) is 46.1. The standard InChI is InChI=1S/C30H36N4O5S/c1-21(2)11-12-23(20-40-26-15-13-25(35)14-16-26)28(36)34(39)30(38)32-27(18-22-8-5-4-6-9-22)29(37)33(3)24-10-7-17-31-19-24/h4-10,13-17,19,21,23,27,35,39H,11-12,18,20H2,1-3H3,(H,32,38)/t23-,27+/m1/s1. The number of pyridine rings is 1. The Bertz CT molecular complexity index is 1240. The number of nitrogens with zero attached hydrogens (tertiary/aromatic N) is 3. The Morgan fingerprint density at radius 3 is 2.27 bits per heavy atom. The third-order valence-electron chi connectivity index (χ3n) is 6.37.